The van der Waals surface area contributed by atoms with Gasteiger partial charge in [0.1, 0.15) is 6.04 Å². The maximum Gasteiger partial charge on any atom is 0.326 e. The molecule has 0 aliphatic heterocycles. The number of nitrogens with two attached hydrogens (primary N) is 1. The molecule has 0 radical (unpaired) electrons. The number of benzene rings is 2. The first-order valence-corrected chi connectivity index (χ1v) is 15.4. The van der Waals surface area contributed by atoms with Crippen molar-refractivity contribution in [1.82, 2.24) is 10.6 Å². The Morgan fingerprint density at radius 1 is 0.762 bits per heavy atom. The van der Waals surface area contributed by atoms with E-state index in [1.54, 1.807) is 19.9 Å². The first-order valence-electron chi connectivity index (χ1n) is 15.4. The topological polar surface area (TPSA) is 122 Å². The Morgan fingerprint density at radius 2 is 1.29 bits per heavy atom. The zero-order chi connectivity index (χ0) is 30.6. The molecule has 7 heteroatoms. The Bertz CT molecular complexity index is 1140. The van der Waals surface area contributed by atoms with Crippen molar-refractivity contribution < 1.29 is 19.5 Å². The van der Waals surface area contributed by atoms with Crippen molar-refractivity contribution in [2.75, 3.05) is 13.1 Å². The van der Waals surface area contributed by atoms with Crippen molar-refractivity contribution in [3.63, 3.8) is 0 Å². The summed E-state index contributed by atoms with van der Waals surface area (Å²) in [5, 5.41) is 15.3. The van der Waals surface area contributed by atoms with Crippen LogP contribution in [0.2, 0.25) is 0 Å². The number of nitrogens with one attached hydrogen (secondary N) is 2. The van der Waals surface area contributed by atoms with Crippen LogP contribution in [-0.4, -0.2) is 42.0 Å². The van der Waals surface area contributed by atoms with Gasteiger partial charge in [0.25, 0.3) is 5.91 Å². The summed E-state index contributed by atoms with van der Waals surface area (Å²) in [6.45, 7) is 4.61. The molecule has 2 rings (SSSR count). The number of aliphatic carboxylic acids is 1. The smallest absolute Gasteiger partial charge is 0.326 e. The van der Waals surface area contributed by atoms with E-state index < -0.39 is 17.9 Å². The SMILES string of the molecule is CC(C)[C@H](NC(=O)/C(=C/C=C(/CNC(=O)CCCCCCCCCCCN)c1ccccc1)c1ccccc1)C(=O)O. The summed E-state index contributed by atoms with van der Waals surface area (Å²) >= 11 is 0. The highest BCUT2D eigenvalue weighted by Crippen LogP contribution is 2.19. The average molecular weight is 576 g/mol. The molecule has 42 heavy (non-hydrogen) atoms. The molecule has 7 nitrogen and oxygen atoms in total. The first-order chi connectivity index (χ1) is 20.3. The van der Waals surface area contributed by atoms with E-state index in [1.807, 2.05) is 66.7 Å². The molecule has 0 fully saturated rings. The number of rotatable bonds is 20. The molecule has 2 aromatic carbocycles. The highest BCUT2D eigenvalue weighted by Gasteiger charge is 2.25. The minimum Gasteiger partial charge on any atom is -0.480 e. The summed E-state index contributed by atoms with van der Waals surface area (Å²) in [5.74, 6) is -1.82. The van der Waals surface area contributed by atoms with Crippen LogP contribution in [0.4, 0.5) is 0 Å². The van der Waals surface area contributed by atoms with Crippen LogP contribution >= 0.6 is 0 Å². The lowest BCUT2D eigenvalue weighted by Gasteiger charge is -2.19. The van der Waals surface area contributed by atoms with Crippen molar-refractivity contribution in [3.8, 4) is 0 Å². The van der Waals surface area contributed by atoms with Crippen LogP contribution in [-0.2, 0) is 14.4 Å². The van der Waals surface area contributed by atoms with Gasteiger partial charge in [-0.25, -0.2) is 4.79 Å². The molecular weight excluding hydrogens is 526 g/mol. The molecule has 0 aromatic heterocycles. The minimum atomic E-state index is -1.08. The van der Waals surface area contributed by atoms with Gasteiger partial charge in [-0.15, -0.1) is 0 Å². The van der Waals surface area contributed by atoms with Crippen molar-refractivity contribution in [2.24, 2.45) is 11.7 Å². The molecule has 0 aliphatic rings. The van der Waals surface area contributed by atoms with Gasteiger partial charge in [-0.2, -0.15) is 0 Å². The van der Waals surface area contributed by atoms with E-state index in [4.69, 9.17) is 5.73 Å². The summed E-state index contributed by atoms with van der Waals surface area (Å²) < 4.78 is 0. The molecule has 0 unspecified atom stereocenters. The highest BCUT2D eigenvalue weighted by atomic mass is 16.4. The third kappa shape index (κ3) is 13.3. The van der Waals surface area contributed by atoms with Crippen LogP contribution in [0, 0.1) is 5.92 Å². The fraction of sp³-hybridized carbons (Fsp3) is 0.457. The fourth-order valence-electron chi connectivity index (χ4n) is 4.70. The van der Waals surface area contributed by atoms with Gasteiger partial charge in [0.2, 0.25) is 5.91 Å². The maximum atomic E-state index is 13.3. The second kappa shape index (κ2) is 20.2. The quantitative estimate of drug-likeness (QED) is 0.0832. The number of allylic oxidation sites excluding steroid dienone is 2. The first kappa shape index (κ1) is 34.5. The van der Waals surface area contributed by atoms with Gasteiger partial charge in [0.15, 0.2) is 0 Å². The number of unbranched alkanes of at least 4 members (excludes halogenated alkanes) is 8. The normalized spacial score (nSPS) is 12.7. The summed E-state index contributed by atoms with van der Waals surface area (Å²) in [6.07, 6.45) is 14.4. The average Bonchev–Trinajstić information content (AvgIpc) is 2.99. The summed E-state index contributed by atoms with van der Waals surface area (Å²) in [4.78, 5) is 37.7. The Kier molecular flexibility index (Phi) is 16.6. The van der Waals surface area contributed by atoms with Crippen LogP contribution in [0.25, 0.3) is 11.1 Å². The largest absolute Gasteiger partial charge is 0.480 e. The van der Waals surface area contributed by atoms with Crippen molar-refractivity contribution in [3.05, 3.63) is 83.9 Å². The Hall–Kier alpha value is -3.71. The lowest BCUT2D eigenvalue weighted by Crippen LogP contribution is -2.44. The van der Waals surface area contributed by atoms with Crippen molar-refractivity contribution >= 4 is 28.9 Å². The minimum absolute atomic E-state index is 0.00449. The molecule has 0 heterocycles. The van der Waals surface area contributed by atoms with Gasteiger partial charge in [-0.1, -0.05) is 126 Å². The van der Waals surface area contributed by atoms with E-state index in [1.165, 1.54) is 32.1 Å². The summed E-state index contributed by atoms with van der Waals surface area (Å²) in [7, 11) is 0. The summed E-state index contributed by atoms with van der Waals surface area (Å²) in [5.41, 5.74) is 8.33. The number of carboxylic acid groups (broad SMARTS) is 1. The summed E-state index contributed by atoms with van der Waals surface area (Å²) in [6, 6.07) is 17.9. The Balaban J connectivity index is 2.06. The van der Waals surface area contributed by atoms with Crippen LogP contribution < -0.4 is 16.4 Å². The molecule has 0 aliphatic carbocycles. The van der Waals surface area contributed by atoms with Crippen LogP contribution in [0.15, 0.2) is 72.8 Å². The van der Waals surface area contributed by atoms with Gasteiger partial charge >= 0.3 is 5.97 Å². The Labute approximate surface area is 251 Å². The number of carbonyl (C=O) groups is 3. The molecule has 0 spiro atoms. The number of carbonyl (C=O) groups excluding carboxylic acids is 2. The third-order valence-corrected chi connectivity index (χ3v) is 7.23. The standard InChI is InChI=1S/C35H49N3O4/c1-27(2)33(35(41)42)38-34(40)31(29-20-14-11-15-21-29)24-23-30(28-18-12-10-13-19-28)26-37-32(39)22-16-8-6-4-3-5-7-9-17-25-36/h10-15,18-21,23-24,27,33H,3-9,16-17,22,25-26,36H2,1-2H3,(H,37,39)(H,38,40)(H,41,42)/b30-23-,31-24+/t33-/m0/s1. The molecule has 5 N–H and O–H groups in total. The van der Waals surface area contributed by atoms with Crippen LogP contribution in [0.1, 0.15) is 89.2 Å². The monoisotopic (exact) mass is 575 g/mol. The lowest BCUT2D eigenvalue weighted by atomic mass is 9.99. The predicted octanol–water partition coefficient (Wildman–Crippen LogP) is 6.35. The zero-order valence-electron chi connectivity index (χ0n) is 25.3. The van der Waals surface area contributed by atoms with E-state index >= 15 is 0 Å². The third-order valence-electron chi connectivity index (χ3n) is 7.23. The van der Waals surface area contributed by atoms with Crippen molar-refractivity contribution in [2.45, 2.75) is 84.1 Å². The Morgan fingerprint density at radius 3 is 1.81 bits per heavy atom. The molecule has 0 saturated carbocycles. The van der Waals surface area contributed by atoms with E-state index in [-0.39, 0.29) is 11.8 Å². The predicted molar refractivity (Wildman–Crippen MR) is 171 cm³/mol. The van der Waals surface area contributed by atoms with Gasteiger partial charge in [0.05, 0.1) is 0 Å². The maximum absolute atomic E-state index is 13.3. The van der Waals surface area contributed by atoms with Gasteiger partial charge in [0, 0.05) is 18.5 Å². The van der Waals surface area contributed by atoms with Crippen molar-refractivity contribution in [1.29, 1.82) is 0 Å². The fourth-order valence-corrected chi connectivity index (χ4v) is 4.70. The molecule has 1 atom stereocenters. The molecule has 0 bridgehead atoms. The molecule has 228 valence electrons. The van der Waals surface area contributed by atoms with E-state index in [0.29, 0.717) is 24.1 Å². The van der Waals surface area contributed by atoms with E-state index in [0.717, 1.165) is 43.4 Å². The number of carboxylic acids is 1. The van der Waals surface area contributed by atoms with Gasteiger partial charge in [-0.3, -0.25) is 9.59 Å². The number of amides is 2. The van der Waals surface area contributed by atoms with E-state index in [9.17, 15) is 19.5 Å². The van der Waals surface area contributed by atoms with E-state index in [2.05, 4.69) is 10.6 Å². The van der Waals surface area contributed by atoms with Crippen LogP contribution in [0.3, 0.4) is 0 Å². The number of hydrogen-bond acceptors (Lipinski definition) is 4. The van der Waals surface area contributed by atoms with Crippen LogP contribution in [0.5, 0.6) is 0 Å². The molecule has 2 aromatic rings. The lowest BCUT2D eigenvalue weighted by molar-refractivity contribution is -0.142. The second-order valence-corrected chi connectivity index (χ2v) is 11.0. The number of hydrogen-bond donors (Lipinski definition) is 4. The molecule has 0 saturated heterocycles. The second-order valence-electron chi connectivity index (χ2n) is 11.0. The van der Waals surface area contributed by atoms with Gasteiger partial charge < -0.3 is 21.5 Å². The molecular formula is C35H49N3O4. The zero-order valence-corrected chi connectivity index (χ0v) is 25.3. The highest BCUT2D eigenvalue weighted by molar-refractivity contribution is 6.20. The van der Waals surface area contributed by atoms with Gasteiger partial charge in [-0.05, 0) is 48.1 Å². The molecule has 2 amide bonds.